The number of ether oxygens (including phenoxy) is 1. The van der Waals surface area contributed by atoms with Gasteiger partial charge < -0.3 is 10.5 Å². The van der Waals surface area contributed by atoms with Crippen LogP contribution in [0.3, 0.4) is 0 Å². The molecule has 0 bridgehead atoms. The zero-order valence-corrected chi connectivity index (χ0v) is 10.1. The summed E-state index contributed by atoms with van der Waals surface area (Å²) >= 11 is 0. The zero-order chi connectivity index (χ0) is 13.1. The number of anilines is 1. The van der Waals surface area contributed by atoms with E-state index in [4.69, 9.17) is 15.7 Å². The Labute approximate surface area is 105 Å². The van der Waals surface area contributed by atoms with Crippen molar-refractivity contribution >= 4 is 5.69 Å². The Balaban J connectivity index is 2.37. The molecule has 1 aromatic carbocycles. The minimum atomic E-state index is 0.153. The fourth-order valence-corrected chi connectivity index (χ4v) is 1.47. The Kier molecular flexibility index (Phi) is 3.11. The van der Waals surface area contributed by atoms with E-state index in [1.165, 1.54) is 0 Å². The molecule has 1 heterocycles. The zero-order valence-electron chi connectivity index (χ0n) is 10.1. The monoisotopic (exact) mass is 240 g/mol. The lowest BCUT2D eigenvalue weighted by Crippen LogP contribution is -1.98. The molecule has 2 aromatic rings. The van der Waals surface area contributed by atoms with E-state index in [2.05, 4.69) is 9.97 Å². The summed E-state index contributed by atoms with van der Waals surface area (Å²) in [5.41, 5.74) is 8.17. The number of aromatic nitrogens is 2. The second kappa shape index (κ2) is 4.72. The highest BCUT2D eigenvalue weighted by atomic mass is 16.5. The molecule has 0 saturated carbocycles. The molecule has 0 spiro atoms. The van der Waals surface area contributed by atoms with Gasteiger partial charge in [0.25, 0.3) is 0 Å². The highest BCUT2D eigenvalue weighted by molar-refractivity contribution is 5.48. The Morgan fingerprint density at radius 2 is 2.00 bits per heavy atom. The summed E-state index contributed by atoms with van der Waals surface area (Å²) in [4.78, 5) is 8.11. The maximum atomic E-state index is 8.84. The lowest BCUT2D eigenvalue weighted by Gasteiger charge is -2.08. The van der Waals surface area contributed by atoms with E-state index >= 15 is 0 Å². The number of nitrogens with zero attached hydrogens (tertiary/aromatic N) is 3. The van der Waals surface area contributed by atoms with E-state index < -0.39 is 0 Å². The van der Waals surface area contributed by atoms with Gasteiger partial charge in [0.1, 0.15) is 17.5 Å². The van der Waals surface area contributed by atoms with Gasteiger partial charge in [0.15, 0.2) is 0 Å². The van der Waals surface area contributed by atoms with Gasteiger partial charge in [-0.3, -0.25) is 0 Å². The number of nitrogen functional groups attached to an aromatic ring is 1. The molecule has 0 unspecified atom stereocenters. The molecule has 2 rings (SSSR count). The average molecular weight is 240 g/mol. The summed E-state index contributed by atoms with van der Waals surface area (Å²) in [6.07, 6.45) is 0. The maximum absolute atomic E-state index is 8.84. The average Bonchev–Trinajstić information content (AvgIpc) is 2.33. The van der Waals surface area contributed by atoms with Gasteiger partial charge in [0, 0.05) is 17.4 Å². The van der Waals surface area contributed by atoms with Gasteiger partial charge in [-0.25, -0.2) is 4.98 Å². The van der Waals surface area contributed by atoms with E-state index in [0.29, 0.717) is 17.1 Å². The van der Waals surface area contributed by atoms with E-state index in [0.717, 1.165) is 5.56 Å². The van der Waals surface area contributed by atoms with Crippen LogP contribution in [0.15, 0.2) is 24.3 Å². The van der Waals surface area contributed by atoms with E-state index in [1.54, 1.807) is 25.1 Å². The summed E-state index contributed by atoms with van der Waals surface area (Å²) in [5, 5.41) is 8.84. The first kappa shape index (κ1) is 11.9. The Hall–Kier alpha value is -2.61. The topological polar surface area (TPSA) is 84.8 Å². The van der Waals surface area contributed by atoms with Gasteiger partial charge in [-0.15, -0.1) is 0 Å². The van der Waals surface area contributed by atoms with Crippen LogP contribution in [0.4, 0.5) is 5.69 Å². The molecule has 0 radical (unpaired) electrons. The Morgan fingerprint density at radius 3 is 2.72 bits per heavy atom. The van der Waals surface area contributed by atoms with Crippen LogP contribution in [0.25, 0.3) is 0 Å². The first-order valence-electron chi connectivity index (χ1n) is 5.38. The molecular weight excluding hydrogens is 228 g/mol. The van der Waals surface area contributed by atoms with Crippen molar-refractivity contribution in [3.05, 3.63) is 41.2 Å². The molecule has 1 aromatic heterocycles. The fourth-order valence-electron chi connectivity index (χ4n) is 1.47. The normalized spacial score (nSPS) is 9.83. The van der Waals surface area contributed by atoms with E-state index in [1.807, 2.05) is 19.1 Å². The molecular formula is C13H12N4O. The molecule has 0 atom stereocenters. The van der Waals surface area contributed by atoms with Crippen LogP contribution < -0.4 is 10.5 Å². The number of benzene rings is 1. The van der Waals surface area contributed by atoms with Crippen molar-refractivity contribution in [2.75, 3.05) is 5.73 Å². The molecule has 0 amide bonds. The maximum Gasteiger partial charge on any atom is 0.323 e. The van der Waals surface area contributed by atoms with Crippen LogP contribution in [0.1, 0.15) is 17.0 Å². The fraction of sp³-hybridized carbons (Fsp3) is 0.154. The molecule has 2 N–H and O–H groups in total. The second-order valence-corrected chi connectivity index (χ2v) is 3.92. The first-order chi connectivity index (χ1) is 8.58. The number of nitriles is 1. The number of aryl methyl sites for hydroxylation is 2. The van der Waals surface area contributed by atoms with Crippen molar-refractivity contribution in [3.63, 3.8) is 0 Å². The number of rotatable bonds is 2. The van der Waals surface area contributed by atoms with Gasteiger partial charge in [0.2, 0.25) is 0 Å². The quantitative estimate of drug-likeness (QED) is 0.814. The molecule has 18 heavy (non-hydrogen) atoms. The smallest absolute Gasteiger partial charge is 0.323 e. The SMILES string of the molecule is Cc1cc(C#N)nc(Oc2cc(N)ccc2C)n1. The standard InChI is InChI=1S/C13H12N4O/c1-8-3-4-10(15)6-12(8)18-13-16-9(2)5-11(7-14)17-13/h3-6H,15H2,1-2H3. The summed E-state index contributed by atoms with van der Waals surface area (Å²) < 4.78 is 5.56. The lowest BCUT2D eigenvalue weighted by atomic mass is 10.2. The van der Waals surface area contributed by atoms with Crippen LogP contribution in [-0.4, -0.2) is 9.97 Å². The highest BCUT2D eigenvalue weighted by Gasteiger charge is 2.07. The van der Waals surface area contributed by atoms with Crippen molar-refractivity contribution in [1.29, 1.82) is 5.26 Å². The minimum Gasteiger partial charge on any atom is -0.424 e. The molecule has 5 heteroatoms. The van der Waals surface area contributed by atoms with Crippen LogP contribution in [0.5, 0.6) is 11.8 Å². The third kappa shape index (κ3) is 2.55. The largest absolute Gasteiger partial charge is 0.424 e. The molecule has 0 aliphatic carbocycles. The summed E-state index contributed by atoms with van der Waals surface area (Å²) in [6, 6.07) is 9.06. The van der Waals surface area contributed by atoms with Crippen molar-refractivity contribution in [3.8, 4) is 17.8 Å². The molecule has 0 saturated heterocycles. The highest BCUT2D eigenvalue weighted by Crippen LogP contribution is 2.25. The molecule has 0 fully saturated rings. The van der Waals surface area contributed by atoms with E-state index in [-0.39, 0.29) is 11.7 Å². The van der Waals surface area contributed by atoms with Gasteiger partial charge >= 0.3 is 6.01 Å². The van der Waals surface area contributed by atoms with E-state index in [9.17, 15) is 0 Å². The predicted molar refractivity (Wildman–Crippen MR) is 67.1 cm³/mol. The Morgan fingerprint density at radius 1 is 1.22 bits per heavy atom. The molecule has 0 aliphatic rings. The van der Waals surface area contributed by atoms with Gasteiger partial charge in [0.05, 0.1) is 0 Å². The van der Waals surface area contributed by atoms with Crippen molar-refractivity contribution in [2.24, 2.45) is 0 Å². The lowest BCUT2D eigenvalue weighted by molar-refractivity contribution is 0.437. The van der Waals surface area contributed by atoms with Crippen LogP contribution >= 0.6 is 0 Å². The molecule has 90 valence electrons. The van der Waals surface area contributed by atoms with Gasteiger partial charge in [-0.2, -0.15) is 10.2 Å². The van der Waals surface area contributed by atoms with Crippen LogP contribution in [-0.2, 0) is 0 Å². The molecule has 0 aliphatic heterocycles. The number of hydrogen-bond acceptors (Lipinski definition) is 5. The third-order valence-electron chi connectivity index (χ3n) is 2.36. The minimum absolute atomic E-state index is 0.153. The van der Waals surface area contributed by atoms with Crippen molar-refractivity contribution in [2.45, 2.75) is 13.8 Å². The molecule has 5 nitrogen and oxygen atoms in total. The summed E-state index contributed by atoms with van der Waals surface area (Å²) in [6.45, 7) is 3.68. The number of hydrogen-bond donors (Lipinski definition) is 1. The third-order valence-corrected chi connectivity index (χ3v) is 2.36. The van der Waals surface area contributed by atoms with Crippen molar-refractivity contribution < 1.29 is 4.74 Å². The number of nitrogens with two attached hydrogens (primary N) is 1. The second-order valence-electron chi connectivity index (χ2n) is 3.92. The van der Waals surface area contributed by atoms with Crippen LogP contribution in [0.2, 0.25) is 0 Å². The predicted octanol–water partition coefficient (Wildman–Crippen LogP) is 2.34. The van der Waals surface area contributed by atoms with Gasteiger partial charge in [-0.1, -0.05) is 6.07 Å². The first-order valence-corrected chi connectivity index (χ1v) is 5.38. The Bertz CT molecular complexity index is 631. The van der Waals surface area contributed by atoms with Crippen LogP contribution in [0, 0.1) is 25.2 Å². The summed E-state index contributed by atoms with van der Waals surface area (Å²) in [5.74, 6) is 0.587. The van der Waals surface area contributed by atoms with Crippen molar-refractivity contribution in [1.82, 2.24) is 9.97 Å². The summed E-state index contributed by atoms with van der Waals surface area (Å²) in [7, 11) is 0. The van der Waals surface area contributed by atoms with Gasteiger partial charge in [-0.05, 0) is 31.5 Å².